The highest BCUT2D eigenvalue weighted by Gasteiger charge is 2.31. The molecule has 0 aromatic rings. The molecule has 0 amide bonds. The summed E-state index contributed by atoms with van der Waals surface area (Å²) >= 11 is 0. The molecule has 1 aliphatic rings. The lowest BCUT2D eigenvalue weighted by atomic mass is 9.76. The van der Waals surface area contributed by atoms with E-state index in [2.05, 4.69) is 6.58 Å². The predicted molar refractivity (Wildman–Crippen MR) is 47.7 cm³/mol. The van der Waals surface area contributed by atoms with E-state index in [0.717, 1.165) is 0 Å². The first-order chi connectivity index (χ1) is 5.58. The van der Waals surface area contributed by atoms with Gasteiger partial charge >= 0.3 is 0 Å². The van der Waals surface area contributed by atoms with Gasteiger partial charge in [0.15, 0.2) is 5.78 Å². The van der Waals surface area contributed by atoms with Gasteiger partial charge in [-0.2, -0.15) is 0 Å². The zero-order valence-electron chi connectivity index (χ0n) is 7.29. The molecule has 0 spiro atoms. The van der Waals surface area contributed by atoms with Crippen LogP contribution < -0.4 is 0 Å². The molecular weight excluding hydrogens is 152 g/mol. The van der Waals surface area contributed by atoms with Gasteiger partial charge in [-0.25, -0.2) is 0 Å². The number of hydrogen-bond donors (Lipinski definition) is 1. The molecule has 1 rings (SSSR count). The van der Waals surface area contributed by atoms with E-state index in [4.69, 9.17) is 0 Å². The van der Waals surface area contributed by atoms with Crippen molar-refractivity contribution in [2.75, 3.05) is 0 Å². The average Bonchev–Trinajstić information content (AvgIpc) is 2.09. The van der Waals surface area contributed by atoms with E-state index in [9.17, 15) is 9.90 Å². The Labute approximate surface area is 72.6 Å². The maximum atomic E-state index is 10.9. The Morgan fingerprint density at radius 1 is 1.83 bits per heavy atom. The lowest BCUT2D eigenvalue weighted by molar-refractivity contribution is -0.115. The molecule has 0 aromatic heterocycles. The summed E-state index contributed by atoms with van der Waals surface area (Å²) in [5.41, 5.74) is -0.296. The smallest absolute Gasteiger partial charge is 0.155 e. The topological polar surface area (TPSA) is 37.3 Å². The fourth-order valence-corrected chi connectivity index (χ4v) is 1.36. The second kappa shape index (κ2) is 3.23. The summed E-state index contributed by atoms with van der Waals surface area (Å²) in [5.74, 6) is 0.142. The molecule has 0 aliphatic heterocycles. The van der Waals surface area contributed by atoms with Crippen LogP contribution in [0, 0.1) is 5.41 Å². The Balaban J connectivity index is 2.79. The van der Waals surface area contributed by atoms with Crippen molar-refractivity contribution < 1.29 is 9.90 Å². The summed E-state index contributed by atoms with van der Waals surface area (Å²) in [6, 6.07) is 0. The van der Waals surface area contributed by atoms with Crippen molar-refractivity contribution in [3.05, 3.63) is 24.8 Å². The molecule has 0 saturated heterocycles. The zero-order valence-corrected chi connectivity index (χ0v) is 7.29. The van der Waals surface area contributed by atoms with Gasteiger partial charge in [-0.15, -0.1) is 6.58 Å². The van der Waals surface area contributed by atoms with Crippen LogP contribution in [0.4, 0.5) is 0 Å². The maximum Gasteiger partial charge on any atom is 0.155 e. The molecule has 2 heteroatoms. The minimum atomic E-state index is -0.554. The molecular formula is C10H14O2. The highest BCUT2D eigenvalue weighted by molar-refractivity contribution is 5.90. The fourth-order valence-electron chi connectivity index (χ4n) is 1.36. The van der Waals surface area contributed by atoms with E-state index in [0.29, 0.717) is 12.8 Å². The Kier molecular flexibility index (Phi) is 2.48. The van der Waals surface area contributed by atoms with Crippen LogP contribution in [-0.2, 0) is 4.79 Å². The average molecular weight is 166 g/mol. The van der Waals surface area contributed by atoms with Crippen molar-refractivity contribution >= 4 is 5.78 Å². The molecule has 66 valence electrons. The minimum absolute atomic E-state index is 0.142. The molecule has 0 fully saturated rings. The third-order valence-corrected chi connectivity index (χ3v) is 2.46. The quantitative estimate of drug-likeness (QED) is 0.630. The Hall–Kier alpha value is -0.890. The third kappa shape index (κ3) is 1.64. The molecule has 0 bridgehead atoms. The molecule has 12 heavy (non-hydrogen) atoms. The molecule has 0 unspecified atom stereocenters. The number of aliphatic hydroxyl groups is 1. The number of carbonyl (C=O) groups is 1. The predicted octanol–water partition coefficient (Wildman–Crippen LogP) is 1.46. The van der Waals surface area contributed by atoms with Gasteiger partial charge in [-0.3, -0.25) is 4.79 Å². The van der Waals surface area contributed by atoms with E-state index in [1.54, 1.807) is 12.2 Å². The van der Waals surface area contributed by atoms with Gasteiger partial charge < -0.3 is 5.11 Å². The lowest BCUT2D eigenvalue weighted by Gasteiger charge is -2.31. The molecule has 0 saturated carbocycles. The monoisotopic (exact) mass is 166 g/mol. The van der Waals surface area contributed by atoms with Crippen molar-refractivity contribution in [1.82, 2.24) is 0 Å². The molecule has 2 atom stereocenters. The number of carbonyl (C=O) groups excluding carboxylic acids is 1. The van der Waals surface area contributed by atoms with Gasteiger partial charge in [0, 0.05) is 11.8 Å². The SMILES string of the molecule is C=C[C@@H](O)[C@]1(C)C=CC(=O)CC1. The largest absolute Gasteiger partial charge is 0.388 e. The second-order valence-electron chi connectivity index (χ2n) is 3.49. The first kappa shape index (κ1) is 9.20. The number of rotatable bonds is 2. The summed E-state index contributed by atoms with van der Waals surface area (Å²) < 4.78 is 0. The maximum absolute atomic E-state index is 10.9. The van der Waals surface area contributed by atoms with E-state index in [1.165, 1.54) is 6.08 Å². The third-order valence-electron chi connectivity index (χ3n) is 2.46. The first-order valence-electron chi connectivity index (χ1n) is 4.11. The summed E-state index contributed by atoms with van der Waals surface area (Å²) in [7, 11) is 0. The van der Waals surface area contributed by atoms with Gasteiger partial charge in [-0.05, 0) is 12.5 Å². The molecule has 2 nitrogen and oxygen atoms in total. The highest BCUT2D eigenvalue weighted by Crippen LogP contribution is 2.33. The van der Waals surface area contributed by atoms with Crippen molar-refractivity contribution in [1.29, 1.82) is 0 Å². The van der Waals surface area contributed by atoms with E-state index in [1.807, 2.05) is 6.92 Å². The Morgan fingerprint density at radius 2 is 2.50 bits per heavy atom. The van der Waals surface area contributed by atoms with Crippen LogP contribution in [0.2, 0.25) is 0 Å². The van der Waals surface area contributed by atoms with Gasteiger partial charge in [-0.1, -0.05) is 19.1 Å². The van der Waals surface area contributed by atoms with Crippen molar-refractivity contribution in [2.24, 2.45) is 5.41 Å². The first-order valence-corrected chi connectivity index (χ1v) is 4.11. The van der Waals surface area contributed by atoms with Gasteiger partial charge in [0.05, 0.1) is 6.10 Å². The number of aliphatic hydroxyl groups excluding tert-OH is 1. The van der Waals surface area contributed by atoms with E-state index >= 15 is 0 Å². The van der Waals surface area contributed by atoms with E-state index in [-0.39, 0.29) is 11.2 Å². The number of hydrogen-bond acceptors (Lipinski definition) is 2. The standard InChI is InChI=1S/C10H14O2/c1-3-9(12)10(2)6-4-8(11)5-7-10/h3-4,6,9,12H,1,5,7H2,2H3/t9-,10-/m1/s1. The van der Waals surface area contributed by atoms with Crippen LogP contribution in [0.1, 0.15) is 19.8 Å². The van der Waals surface area contributed by atoms with Gasteiger partial charge in [0.1, 0.15) is 0 Å². The lowest BCUT2D eigenvalue weighted by Crippen LogP contribution is -2.31. The normalized spacial score (nSPS) is 31.7. The summed E-state index contributed by atoms with van der Waals surface area (Å²) in [5, 5.41) is 9.55. The highest BCUT2D eigenvalue weighted by atomic mass is 16.3. The second-order valence-corrected chi connectivity index (χ2v) is 3.49. The van der Waals surface area contributed by atoms with Crippen LogP contribution in [0.25, 0.3) is 0 Å². The van der Waals surface area contributed by atoms with Crippen molar-refractivity contribution in [3.63, 3.8) is 0 Å². The van der Waals surface area contributed by atoms with Gasteiger partial charge in [0.2, 0.25) is 0 Å². The van der Waals surface area contributed by atoms with Crippen molar-refractivity contribution in [3.8, 4) is 0 Å². The van der Waals surface area contributed by atoms with Crippen LogP contribution in [0.3, 0.4) is 0 Å². The minimum Gasteiger partial charge on any atom is -0.388 e. The van der Waals surface area contributed by atoms with Crippen molar-refractivity contribution in [2.45, 2.75) is 25.9 Å². The molecule has 0 radical (unpaired) electrons. The van der Waals surface area contributed by atoms with E-state index < -0.39 is 6.10 Å². The van der Waals surface area contributed by atoms with Gasteiger partial charge in [0.25, 0.3) is 0 Å². The Morgan fingerprint density at radius 3 is 2.92 bits per heavy atom. The number of allylic oxidation sites excluding steroid dienone is 1. The fraction of sp³-hybridized carbons (Fsp3) is 0.500. The molecule has 1 aliphatic carbocycles. The molecule has 0 aromatic carbocycles. The van der Waals surface area contributed by atoms with Crippen LogP contribution in [0.5, 0.6) is 0 Å². The number of ketones is 1. The summed E-state index contributed by atoms with van der Waals surface area (Å²) in [6.45, 7) is 5.46. The summed E-state index contributed by atoms with van der Waals surface area (Å²) in [6.07, 6.45) is 5.52. The van der Waals surface area contributed by atoms with Crippen LogP contribution >= 0.6 is 0 Å². The van der Waals surface area contributed by atoms with Crippen LogP contribution in [-0.4, -0.2) is 17.0 Å². The van der Waals surface area contributed by atoms with Crippen LogP contribution in [0.15, 0.2) is 24.8 Å². The molecule has 0 heterocycles. The molecule has 1 N–H and O–H groups in total. The zero-order chi connectivity index (χ0) is 9.19. The summed E-state index contributed by atoms with van der Waals surface area (Å²) in [4.78, 5) is 10.9. The Bertz CT molecular complexity index is 230.